The SMILES string of the molecule is O=C(Nc1ccc(Cl)cc1C(=O)N1CCCC1)C1CCCOC1. The zero-order valence-corrected chi connectivity index (χ0v) is 13.8. The molecule has 6 heteroatoms. The van der Waals surface area contributed by atoms with Gasteiger partial charge >= 0.3 is 0 Å². The van der Waals surface area contributed by atoms with Crippen molar-refractivity contribution in [2.75, 3.05) is 31.6 Å². The number of benzene rings is 1. The van der Waals surface area contributed by atoms with Gasteiger partial charge in [0.15, 0.2) is 0 Å². The Bertz CT molecular complexity index is 594. The van der Waals surface area contributed by atoms with E-state index in [9.17, 15) is 9.59 Å². The third-order valence-electron chi connectivity index (χ3n) is 4.39. The van der Waals surface area contributed by atoms with E-state index in [0.717, 1.165) is 38.8 Å². The van der Waals surface area contributed by atoms with Crippen molar-refractivity contribution in [1.29, 1.82) is 0 Å². The molecule has 0 spiro atoms. The molecule has 23 heavy (non-hydrogen) atoms. The third-order valence-corrected chi connectivity index (χ3v) is 4.63. The van der Waals surface area contributed by atoms with Crippen molar-refractivity contribution in [2.45, 2.75) is 25.7 Å². The van der Waals surface area contributed by atoms with E-state index in [1.165, 1.54) is 0 Å². The highest BCUT2D eigenvalue weighted by Gasteiger charge is 2.26. The number of ether oxygens (including phenoxy) is 1. The van der Waals surface area contributed by atoms with Crippen LogP contribution in [0.5, 0.6) is 0 Å². The molecule has 3 rings (SSSR count). The van der Waals surface area contributed by atoms with Crippen molar-refractivity contribution in [1.82, 2.24) is 4.90 Å². The van der Waals surface area contributed by atoms with Gasteiger partial charge < -0.3 is 15.0 Å². The van der Waals surface area contributed by atoms with Gasteiger partial charge in [-0.15, -0.1) is 0 Å². The highest BCUT2D eigenvalue weighted by molar-refractivity contribution is 6.31. The van der Waals surface area contributed by atoms with Gasteiger partial charge in [-0.2, -0.15) is 0 Å². The Balaban J connectivity index is 1.78. The molecule has 1 N–H and O–H groups in total. The number of likely N-dealkylation sites (tertiary alicyclic amines) is 1. The summed E-state index contributed by atoms with van der Waals surface area (Å²) in [7, 11) is 0. The average molecular weight is 337 g/mol. The summed E-state index contributed by atoms with van der Waals surface area (Å²) in [4.78, 5) is 26.9. The summed E-state index contributed by atoms with van der Waals surface area (Å²) in [6.07, 6.45) is 3.74. The van der Waals surface area contributed by atoms with Gasteiger partial charge in [0.1, 0.15) is 0 Å². The van der Waals surface area contributed by atoms with E-state index in [2.05, 4.69) is 5.32 Å². The molecule has 0 saturated carbocycles. The van der Waals surface area contributed by atoms with Gasteiger partial charge in [0.25, 0.3) is 5.91 Å². The number of nitrogens with one attached hydrogen (secondary N) is 1. The van der Waals surface area contributed by atoms with Crippen LogP contribution in [0.1, 0.15) is 36.0 Å². The van der Waals surface area contributed by atoms with E-state index in [0.29, 0.717) is 29.5 Å². The topological polar surface area (TPSA) is 58.6 Å². The van der Waals surface area contributed by atoms with E-state index >= 15 is 0 Å². The summed E-state index contributed by atoms with van der Waals surface area (Å²) in [5, 5.41) is 3.38. The molecule has 2 saturated heterocycles. The summed E-state index contributed by atoms with van der Waals surface area (Å²) in [6.45, 7) is 2.67. The molecule has 1 aromatic carbocycles. The first-order chi connectivity index (χ1) is 11.1. The van der Waals surface area contributed by atoms with Crippen LogP contribution in [-0.2, 0) is 9.53 Å². The molecule has 2 amide bonds. The quantitative estimate of drug-likeness (QED) is 0.923. The van der Waals surface area contributed by atoms with Crippen molar-refractivity contribution < 1.29 is 14.3 Å². The summed E-state index contributed by atoms with van der Waals surface area (Å²) in [6, 6.07) is 5.03. The summed E-state index contributed by atoms with van der Waals surface area (Å²) in [5.74, 6) is -0.322. The van der Waals surface area contributed by atoms with Crippen LogP contribution in [0.25, 0.3) is 0 Å². The number of rotatable bonds is 3. The summed E-state index contributed by atoms with van der Waals surface area (Å²) >= 11 is 6.05. The fourth-order valence-electron chi connectivity index (χ4n) is 3.08. The number of amides is 2. The van der Waals surface area contributed by atoms with Crippen molar-refractivity contribution in [3.63, 3.8) is 0 Å². The van der Waals surface area contributed by atoms with E-state index in [-0.39, 0.29) is 17.7 Å². The maximum atomic E-state index is 12.7. The smallest absolute Gasteiger partial charge is 0.256 e. The Labute approximate surface area is 140 Å². The Morgan fingerprint density at radius 3 is 2.70 bits per heavy atom. The number of carbonyl (C=O) groups is 2. The lowest BCUT2D eigenvalue weighted by molar-refractivity contribution is -0.123. The van der Waals surface area contributed by atoms with Crippen LogP contribution in [-0.4, -0.2) is 43.0 Å². The van der Waals surface area contributed by atoms with Crippen molar-refractivity contribution >= 4 is 29.1 Å². The molecule has 2 aliphatic heterocycles. The van der Waals surface area contributed by atoms with E-state index in [1.807, 2.05) is 4.90 Å². The predicted octanol–water partition coefficient (Wildman–Crippen LogP) is 2.94. The maximum Gasteiger partial charge on any atom is 0.256 e. The molecule has 124 valence electrons. The van der Waals surface area contributed by atoms with Crippen LogP contribution < -0.4 is 5.32 Å². The van der Waals surface area contributed by atoms with Gasteiger partial charge in [-0.3, -0.25) is 9.59 Å². The predicted molar refractivity (Wildman–Crippen MR) is 88.8 cm³/mol. The molecule has 1 unspecified atom stereocenters. The molecule has 5 nitrogen and oxygen atoms in total. The van der Waals surface area contributed by atoms with Gasteiger partial charge in [0, 0.05) is 24.7 Å². The minimum Gasteiger partial charge on any atom is -0.381 e. The standard InChI is InChI=1S/C17H21ClN2O3/c18-13-5-6-15(19-16(21)12-4-3-9-23-11-12)14(10-13)17(22)20-7-1-2-8-20/h5-6,10,12H,1-4,7-9,11H2,(H,19,21). The Morgan fingerprint density at radius 2 is 2.00 bits per heavy atom. The highest BCUT2D eigenvalue weighted by Crippen LogP contribution is 2.25. The monoisotopic (exact) mass is 336 g/mol. The van der Waals surface area contributed by atoms with Crippen LogP contribution in [0, 0.1) is 5.92 Å². The Kier molecular flexibility index (Phi) is 5.18. The normalized spacial score (nSPS) is 21.3. The molecule has 2 fully saturated rings. The van der Waals surface area contributed by atoms with Gasteiger partial charge in [0.2, 0.25) is 5.91 Å². The zero-order valence-electron chi connectivity index (χ0n) is 13.0. The Hall–Kier alpha value is -1.59. The maximum absolute atomic E-state index is 12.7. The molecule has 2 aliphatic rings. The fraction of sp³-hybridized carbons (Fsp3) is 0.529. The third kappa shape index (κ3) is 3.85. The highest BCUT2D eigenvalue weighted by atomic mass is 35.5. The van der Waals surface area contributed by atoms with Crippen LogP contribution in [0.3, 0.4) is 0 Å². The lowest BCUT2D eigenvalue weighted by atomic mass is 10.0. The number of halogens is 1. The van der Waals surface area contributed by atoms with Crippen molar-refractivity contribution in [2.24, 2.45) is 5.92 Å². The lowest BCUT2D eigenvalue weighted by Gasteiger charge is -2.23. The second kappa shape index (κ2) is 7.32. The number of nitrogens with zero attached hydrogens (tertiary/aromatic N) is 1. The average Bonchev–Trinajstić information content (AvgIpc) is 3.11. The molecule has 0 aromatic heterocycles. The molecule has 1 aromatic rings. The molecule has 0 radical (unpaired) electrons. The van der Waals surface area contributed by atoms with Crippen LogP contribution in [0.2, 0.25) is 5.02 Å². The number of hydrogen-bond donors (Lipinski definition) is 1. The molecule has 0 aliphatic carbocycles. The van der Waals surface area contributed by atoms with Gasteiger partial charge in [-0.05, 0) is 43.9 Å². The first-order valence-corrected chi connectivity index (χ1v) is 8.50. The molecule has 2 heterocycles. The largest absolute Gasteiger partial charge is 0.381 e. The first-order valence-electron chi connectivity index (χ1n) is 8.12. The van der Waals surface area contributed by atoms with E-state index in [1.54, 1.807) is 18.2 Å². The number of anilines is 1. The molecule has 1 atom stereocenters. The van der Waals surface area contributed by atoms with E-state index < -0.39 is 0 Å². The van der Waals surface area contributed by atoms with E-state index in [4.69, 9.17) is 16.3 Å². The van der Waals surface area contributed by atoms with Crippen molar-refractivity contribution in [3.05, 3.63) is 28.8 Å². The van der Waals surface area contributed by atoms with Crippen molar-refractivity contribution in [3.8, 4) is 0 Å². The minimum atomic E-state index is -0.158. The molecular formula is C17H21ClN2O3. The number of hydrogen-bond acceptors (Lipinski definition) is 3. The fourth-order valence-corrected chi connectivity index (χ4v) is 3.25. The minimum absolute atomic E-state index is 0.0693. The van der Waals surface area contributed by atoms with Crippen LogP contribution in [0.15, 0.2) is 18.2 Å². The lowest BCUT2D eigenvalue weighted by Crippen LogP contribution is -2.32. The molecule has 0 bridgehead atoms. The van der Waals surface area contributed by atoms with Crippen LogP contribution >= 0.6 is 11.6 Å². The summed E-state index contributed by atoms with van der Waals surface area (Å²) < 4.78 is 5.36. The Morgan fingerprint density at radius 1 is 1.22 bits per heavy atom. The summed E-state index contributed by atoms with van der Waals surface area (Å²) in [5.41, 5.74) is 0.992. The van der Waals surface area contributed by atoms with Gasteiger partial charge in [0.05, 0.1) is 23.8 Å². The second-order valence-corrected chi connectivity index (χ2v) is 6.53. The van der Waals surface area contributed by atoms with Crippen LogP contribution in [0.4, 0.5) is 5.69 Å². The van der Waals surface area contributed by atoms with Gasteiger partial charge in [-0.1, -0.05) is 11.6 Å². The van der Waals surface area contributed by atoms with Gasteiger partial charge in [-0.25, -0.2) is 0 Å². The zero-order chi connectivity index (χ0) is 16.2. The number of carbonyl (C=O) groups excluding carboxylic acids is 2. The molecular weight excluding hydrogens is 316 g/mol. The first kappa shape index (κ1) is 16.3. The second-order valence-electron chi connectivity index (χ2n) is 6.09.